The molecule has 24 heteroatoms. The molecule has 6 heterocycles. The molecule has 5 aliphatic heterocycles. The molecular weight excluding hydrogens is 919 g/mol. The van der Waals surface area contributed by atoms with E-state index in [1.54, 1.807) is 71.9 Å². The number of β-lactam (4-membered cyclic amide) rings is 2. The van der Waals surface area contributed by atoms with Crippen molar-refractivity contribution in [1.82, 2.24) is 40.7 Å². The molecule has 5 fully saturated rings. The molecule has 8 rings (SSSR count). The SMILES string of the molecule is CCN1CCN(C(=O)N[C@@H](C(=O)N[C@@H]2C(=O)N3[C@@H]2SC(C)(C)[C@@H]3C(=O)O)c2ccccc2)C(=O)C1=O.Cc1onc(-c2ccccc2)c1C(=O)N[C@@H]1C(=O)N2[C@@H]1SC(C)(C)[C@@H]2C(=O)O.[NaH].[NaH]. The van der Waals surface area contributed by atoms with E-state index in [4.69, 9.17) is 4.52 Å². The van der Waals surface area contributed by atoms with Gasteiger partial charge in [-0.15, -0.1) is 23.5 Å². The molecule has 5 aliphatic rings. The fourth-order valence-electron chi connectivity index (χ4n) is 8.49. The third-order valence-corrected chi connectivity index (χ3v) is 14.8. The van der Waals surface area contributed by atoms with E-state index in [-0.39, 0.29) is 83.7 Å². The summed E-state index contributed by atoms with van der Waals surface area (Å²) in [6.45, 7) is 10.9. The molecule has 5 saturated heterocycles. The zero-order chi connectivity index (χ0) is 46.6. The first-order chi connectivity index (χ1) is 30.2. The first-order valence-corrected chi connectivity index (χ1v) is 22.0. The number of likely N-dealkylation sites (N-methyl/N-ethyl adjacent to an activating group) is 1. The Hall–Kier alpha value is -4.42. The van der Waals surface area contributed by atoms with Crippen molar-refractivity contribution in [2.45, 2.75) is 92.0 Å². The second-order valence-electron chi connectivity index (χ2n) is 16.6. The van der Waals surface area contributed by atoms with Crippen LogP contribution in [0.5, 0.6) is 0 Å². The molecule has 8 amide bonds. The Balaban J connectivity index is 0.000000247. The Morgan fingerprint density at radius 3 is 1.77 bits per heavy atom. The standard InChI is InChI=1S/C23H27N5O7S.C19H19N3O5S.2Na.2H/c1-4-26-10-11-27(19(32)18(26)31)22(35)25-13(12-8-6-5-7-9-12)16(29)24-14-17(30)28-15(21(33)34)23(2,3)36-20(14)28;1-9-11(12(21-27-9)10-7-5-4-6-8-10)15(23)20-13-16(24)22-14(18(25)26)19(2,3)28-17(13)22;;;;/h5-9,13-15,20H,4,10-11H2,1-3H3,(H,24,29)(H,25,35)(H,33,34);4-8,13-14,17H,1-3H3,(H,20,23)(H,25,26);;;;/t13-,14-,15+,20-;13-,14+,17-;;;;/m11..../s1. The van der Waals surface area contributed by atoms with Gasteiger partial charge < -0.3 is 45.4 Å². The van der Waals surface area contributed by atoms with Crippen LogP contribution in [-0.4, -0.2) is 212 Å². The van der Waals surface area contributed by atoms with E-state index in [1.165, 1.54) is 38.2 Å². The molecule has 0 radical (unpaired) electrons. The quantitative estimate of drug-likeness (QED) is 0.104. The molecule has 5 N–H and O–H groups in total. The van der Waals surface area contributed by atoms with Crippen molar-refractivity contribution in [3.63, 3.8) is 0 Å². The molecule has 20 nitrogen and oxygen atoms in total. The molecule has 0 unspecified atom stereocenters. The number of piperazine rings is 1. The van der Waals surface area contributed by atoms with Crippen LogP contribution in [0.25, 0.3) is 11.3 Å². The fourth-order valence-corrected chi connectivity index (χ4v) is 11.7. The summed E-state index contributed by atoms with van der Waals surface area (Å²) < 4.78 is 3.81. The Bertz CT molecular complexity index is 2440. The van der Waals surface area contributed by atoms with Crippen molar-refractivity contribution < 1.29 is 57.9 Å². The number of fused-ring (bicyclic) bond motifs is 2. The second kappa shape index (κ2) is 20.4. The Morgan fingerprint density at radius 1 is 0.773 bits per heavy atom. The number of benzene rings is 2. The minimum absolute atomic E-state index is 0. The van der Waals surface area contributed by atoms with E-state index < -0.39 is 98.0 Å². The van der Waals surface area contributed by atoms with Crippen molar-refractivity contribution in [3.05, 3.63) is 77.6 Å². The van der Waals surface area contributed by atoms with Gasteiger partial charge >= 0.3 is 88.9 Å². The van der Waals surface area contributed by atoms with Crippen LogP contribution < -0.4 is 16.0 Å². The van der Waals surface area contributed by atoms with Gasteiger partial charge in [0.05, 0.1) is 0 Å². The molecule has 66 heavy (non-hydrogen) atoms. The Kier molecular flexibility index (Phi) is 16.3. The van der Waals surface area contributed by atoms with Crippen LogP contribution in [0.15, 0.2) is 65.2 Å². The van der Waals surface area contributed by atoms with Gasteiger partial charge in [0.15, 0.2) is 0 Å². The van der Waals surface area contributed by atoms with E-state index in [0.29, 0.717) is 23.6 Å². The summed E-state index contributed by atoms with van der Waals surface area (Å²) >= 11 is 2.66. The van der Waals surface area contributed by atoms with Crippen molar-refractivity contribution in [2.75, 3.05) is 19.6 Å². The van der Waals surface area contributed by atoms with Crippen LogP contribution in [0.1, 0.15) is 62.3 Å². The normalized spacial score (nSPS) is 24.7. The minimum atomic E-state index is -1.26. The van der Waals surface area contributed by atoms with Crippen LogP contribution >= 0.6 is 23.5 Å². The first kappa shape index (κ1) is 52.5. The number of rotatable bonds is 10. The topological polar surface area (TPSA) is 269 Å². The average molecular weight is 967 g/mol. The van der Waals surface area contributed by atoms with Gasteiger partial charge in [-0.1, -0.05) is 65.8 Å². The number of amides is 8. The van der Waals surface area contributed by atoms with Gasteiger partial charge in [0.1, 0.15) is 58.0 Å². The Labute approximate surface area is 431 Å². The van der Waals surface area contributed by atoms with Gasteiger partial charge in [0.25, 0.3) is 5.91 Å². The summed E-state index contributed by atoms with van der Waals surface area (Å²) in [5.41, 5.74) is 1.81. The number of aliphatic carboxylic acids is 2. The number of nitrogens with zero attached hydrogens (tertiary/aromatic N) is 5. The van der Waals surface area contributed by atoms with Crippen molar-refractivity contribution >= 4 is 136 Å². The molecule has 1 aromatic heterocycles. The zero-order valence-corrected chi connectivity index (χ0v) is 37.1. The predicted molar refractivity (Wildman–Crippen MR) is 243 cm³/mol. The van der Waals surface area contributed by atoms with E-state index in [1.807, 2.05) is 30.3 Å². The van der Waals surface area contributed by atoms with E-state index in [9.17, 15) is 53.4 Å². The molecule has 0 bridgehead atoms. The molecule has 342 valence electrons. The number of imide groups is 1. The number of carboxylic acid groups (broad SMARTS) is 2. The molecule has 0 aliphatic carbocycles. The molecule has 7 atom stereocenters. The molecule has 0 spiro atoms. The summed E-state index contributed by atoms with van der Waals surface area (Å²) in [6, 6.07) is 11.6. The van der Waals surface area contributed by atoms with Crippen LogP contribution in [-0.2, 0) is 33.6 Å². The number of thioether (sulfide) groups is 2. The molecule has 2 aromatic carbocycles. The number of carbonyl (C=O) groups is 9. The molecule has 0 saturated carbocycles. The summed E-state index contributed by atoms with van der Waals surface area (Å²) in [6.07, 6.45) is 0. The number of aromatic nitrogens is 1. The first-order valence-electron chi connectivity index (χ1n) is 20.2. The number of aryl methyl sites for hydroxylation is 1. The van der Waals surface area contributed by atoms with Crippen molar-refractivity contribution in [1.29, 1.82) is 0 Å². The van der Waals surface area contributed by atoms with Gasteiger partial charge in [-0.05, 0) is 47.1 Å². The zero-order valence-electron chi connectivity index (χ0n) is 35.5. The number of carbonyl (C=O) groups excluding carboxylic acids is 7. The van der Waals surface area contributed by atoms with E-state index in [0.717, 1.165) is 10.5 Å². The average Bonchev–Trinajstić information content (AvgIpc) is 3.86. The van der Waals surface area contributed by atoms with Crippen molar-refractivity contribution in [3.8, 4) is 11.3 Å². The maximum absolute atomic E-state index is 13.3. The van der Waals surface area contributed by atoms with Gasteiger partial charge in [0.2, 0.25) is 17.7 Å². The number of urea groups is 1. The number of nitrogens with one attached hydrogen (secondary N) is 3. The Morgan fingerprint density at radius 2 is 1.27 bits per heavy atom. The van der Waals surface area contributed by atoms with Crippen LogP contribution in [0.3, 0.4) is 0 Å². The van der Waals surface area contributed by atoms with Crippen LogP contribution in [0.2, 0.25) is 0 Å². The molecular formula is C42H48N8Na2O12S2. The number of hydrogen-bond donors (Lipinski definition) is 5. The van der Waals surface area contributed by atoms with Gasteiger partial charge in [-0.3, -0.25) is 33.7 Å². The van der Waals surface area contributed by atoms with Gasteiger partial charge in [0, 0.05) is 34.7 Å². The predicted octanol–water partition coefficient (Wildman–Crippen LogP) is 0.358. The summed E-state index contributed by atoms with van der Waals surface area (Å²) in [5.74, 6) is -5.67. The maximum atomic E-state index is 13.3. The number of carboxylic acids is 2. The van der Waals surface area contributed by atoms with Crippen LogP contribution in [0.4, 0.5) is 4.79 Å². The summed E-state index contributed by atoms with van der Waals surface area (Å²) in [7, 11) is 0. The van der Waals surface area contributed by atoms with E-state index >= 15 is 0 Å². The molecule has 3 aromatic rings. The third kappa shape index (κ3) is 9.65. The summed E-state index contributed by atoms with van der Waals surface area (Å²) in [4.78, 5) is 117. The van der Waals surface area contributed by atoms with Gasteiger partial charge in [-0.25, -0.2) is 14.4 Å². The number of hydrogen-bond acceptors (Lipinski definition) is 13. The summed E-state index contributed by atoms with van der Waals surface area (Å²) in [5, 5.41) is 30.0. The van der Waals surface area contributed by atoms with Gasteiger partial charge in [-0.2, -0.15) is 0 Å². The monoisotopic (exact) mass is 966 g/mol. The van der Waals surface area contributed by atoms with Crippen molar-refractivity contribution in [2.24, 2.45) is 0 Å². The van der Waals surface area contributed by atoms with Crippen LogP contribution in [0, 0.1) is 6.92 Å². The fraction of sp³-hybridized carbons (Fsp3) is 0.429. The second-order valence-corrected chi connectivity index (χ2v) is 20.1. The third-order valence-electron chi connectivity index (χ3n) is 11.7. The van der Waals surface area contributed by atoms with E-state index in [2.05, 4.69) is 21.1 Å².